The average Bonchev–Trinajstić information content (AvgIpc) is 3.07. The molecule has 2 heterocycles. The summed E-state index contributed by atoms with van der Waals surface area (Å²) in [6.07, 6.45) is 5.97. The largest absolute Gasteiger partial charge is 0.338 e. The molecule has 22 heavy (non-hydrogen) atoms. The number of aromatic nitrogens is 4. The van der Waals surface area contributed by atoms with Crippen LogP contribution in [0, 0.1) is 0 Å². The molecule has 2 aromatic heterocycles. The molecule has 1 amide bonds. The number of carbonyl (C=O) groups is 1. The van der Waals surface area contributed by atoms with Gasteiger partial charge in [-0.3, -0.25) is 14.2 Å². The van der Waals surface area contributed by atoms with Gasteiger partial charge >= 0.3 is 0 Å². The number of hydrogen-bond donors (Lipinski definition) is 0. The SMILES string of the molecule is CCC(C(=O)N(C)Cc1c(Br)cnn1CC)n1cc(Br)cn1. The quantitative estimate of drug-likeness (QED) is 0.703. The van der Waals surface area contributed by atoms with E-state index < -0.39 is 0 Å². The first-order valence-corrected chi connectivity index (χ1v) is 8.71. The van der Waals surface area contributed by atoms with E-state index in [0.29, 0.717) is 13.0 Å². The maximum atomic E-state index is 12.7. The summed E-state index contributed by atoms with van der Waals surface area (Å²) in [6, 6.07) is -0.298. The molecule has 0 fully saturated rings. The molecule has 0 N–H and O–H groups in total. The highest BCUT2D eigenvalue weighted by atomic mass is 79.9. The van der Waals surface area contributed by atoms with Crippen LogP contribution in [0.15, 0.2) is 27.5 Å². The average molecular weight is 433 g/mol. The Morgan fingerprint density at radius 2 is 2.05 bits per heavy atom. The number of carbonyl (C=O) groups excluding carboxylic acids is 1. The van der Waals surface area contributed by atoms with Crippen molar-refractivity contribution in [3.8, 4) is 0 Å². The minimum Gasteiger partial charge on any atom is -0.338 e. The molecule has 1 unspecified atom stereocenters. The van der Waals surface area contributed by atoms with Crippen LogP contribution in [-0.2, 0) is 17.9 Å². The van der Waals surface area contributed by atoms with Crippen molar-refractivity contribution in [3.05, 3.63) is 33.2 Å². The van der Waals surface area contributed by atoms with Gasteiger partial charge in [0.25, 0.3) is 0 Å². The highest BCUT2D eigenvalue weighted by molar-refractivity contribution is 9.10. The summed E-state index contributed by atoms with van der Waals surface area (Å²) in [5, 5.41) is 8.52. The van der Waals surface area contributed by atoms with Crippen LogP contribution in [0.2, 0.25) is 0 Å². The van der Waals surface area contributed by atoms with Crippen molar-refractivity contribution in [2.24, 2.45) is 0 Å². The fourth-order valence-electron chi connectivity index (χ4n) is 2.33. The van der Waals surface area contributed by atoms with Gasteiger partial charge in [-0.25, -0.2) is 0 Å². The number of nitrogens with zero attached hydrogens (tertiary/aromatic N) is 5. The molecule has 2 aromatic rings. The van der Waals surface area contributed by atoms with Crippen LogP contribution in [0.25, 0.3) is 0 Å². The van der Waals surface area contributed by atoms with Crippen molar-refractivity contribution in [3.63, 3.8) is 0 Å². The van der Waals surface area contributed by atoms with Crippen molar-refractivity contribution >= 4 is 37.8 Å². The highest BCUT2D eigenvalue weighted by Gasteiger charge is 2.24. The van der Waals surface area contributed by atoms with Crippen molar-refractivity contribution in [2.75, 3.05) is 7.05 Å². The second-order valence-corrected chi connectivity index (χ2v) is 6.78. The first kappa shape index (κ1) is 17.2. The Labute approximate surface area is 146 Å². The lowest BCUT2D eigenvalue weighted by molar-refractivity contribution is -0.134. The second kappa shape index (κ2) is 7.41. The zero-order valence-electron chi connectivity index (χ0n) is 12.8. The fraction of sp³-hybridized carbons (Fsp3) is 0.500. The summed E-state index contributed by atoms with van der Waals surface area (Å²) in [6.45, 7) is 5.29. The summed E-state index contributed by atoms with van der Waals surface area (Å²) in [5.41, 5.74) is 0.995. The standard InChI is InChI=1S/C14H19Br2N5O/c1-4-12(21-8-10(15)6-17-21)14(22)19(3)9-13-11(16)7-18-20(13)5-2/h6-8,12H,4-5,9H2,1-3H3. The van der Waals surface area contributed by atoms with Gasteiger partial charge in [0.2, 0.25) is 5.91 Å². The molecule has 0 aliphatic rings. The molecule has 0 aliphatic carbocycles. The molecule has 0 saturated carbocycles. The molecule has 2 rings (SSSR count). The molecule has 0 bridgehead atoms. The Kier molecular flexibility index (Phi) is 5.80. The Morgan fingerprint density at radius 3 is 2.59 bits per heavy atom. The summed E-state index contributed by atoms with van der Waals surface area (Å²) >= 11 is 6.86. The highest BCUT2D eigenvalue weighted by Crippen LogP contribution is 2.21. The Balaban J connectivity index is 2.15. The van der Waals surface area contributed by atoms with E-state index in [1.807, 2.05) is 31.8 Å². The second-order valence-electron chi connectivity index (χ2n) is 5.01. The van der Waals surface area contributed by atoms with Crippen LogP contribution in [0.4, 0.5) is 0 Å². The molecule has 0 aromatic carbocycles. The Hall–Kier alpha value is -1.15. The lowest BCUT2D eigenvalue weighted by Crippen LogP contribution is -2.34. The molecule has 1 atom stereocenters. The van der Waals surface area contributed by atoms with Gasteiger partial charge in [0.05, 0.1) is 33.6 Å². The molecule has 6 nitrogen and oxygen atoms in total. The van der Waals surface area contributed by atoms with Gasteiger partial charge in [0.1, 0.15) is 6.04 Å². The molecule has 120 valence electrons. The number of amides is 1. The van der Waals surface area contributed by atoms with E-state index in [2.05, 4.69) is 42.1 Å². The Bertz CT molecular complexity index is 651. The lowest BCUT2D eigenvalue weighted by atomic mass is 10.2. The first-order valence-electron chi connectivity index (χ1n) is 7.12. The summed E-state index contributed by atoms with van der Waals surface area (Å²) in [5.74, 6) is 0.0360. The van der Waals surface area contributed by atoms with Gasteiger partial charge in [0, 0.05) is 19.8 Å². The molecular formula is C14H19Br2N5O. The number of halogens is 2. The van der Waals surface area contributed by atoms with Crippen molar-refractivity contribution < 1.29 is 4.79 Å². The molecule has 8 heteroatoms. The van der Waals surface area contributed by atoms with E-state index in [9.17, 15) is 4.79 Å². The van der Waals surface area contributed by atoms with E-state index in [0.717, 1.165) is 21.2 Å². The van der Waals surface area contributed by atoms with E-state index in [-0.39, 0.29) is 11.9 Å². The normalized spacial score (nSPS) is 12.4. The molecule has 0 aliphatic heterocycles. The van der Waals surface area contributed by atoms with Crippen LogP contribution >= 0.6 is 31.9 Å². The molecular weight excluding hydrogens is 414 g/mol. The minimum absolute atomic E-state index is 0.0360. The third-order valence-corrected chi connectivity index (χ3v) is 4.59. The fourth-order valence-corrected chi connectivity index (χ4v) is 3.06. The molecule has 0 saturated heterocycles. The van der Waals surface area contributed by atoms with E-state index >= 15 is 0 Å². The maximum Gasteiger partial charge on any atom is 0.247 e. The third kappa shape index (κ3) is 3.60. The van der Waals surface area contributed by atoms with Crippen LogP contribution in [0.5, 0.6) is 0 Å². The zero-order chi connectivity index (χ0) is 16.3. The van der Waals surface area contributed by atoms with Crippen LogP contribution in [-0.4, -0.2) is 37.4 Å². The molecule has 0 radical (unpaired) electrons. The topological polar surface area (TPSA) is 56.0 Å². The van der Waals surface area contributed by atoms with E-state index in [1.54, 1.807) is 22.0 Å². The van der Waals surface area contributed by atoms with E-state index in [4.69, 9.17) is 0 Å². The predicted molar refractivity (Wildman–Crippen MR) is 91.3 cm³/mol. The number of hydrogen-bond acceptors (Lipinski definition) is 3. The summed E-state index contributed by atoms with van der Waals surface area (Å²) in [7, 11) is 1.81. The predicted octanol–water partition coefficient (Wildman–Crippen LogP) is 3.23. The van der Waals surface area contributed by atoms with Gasteiger partial charge in [-0.2, -0.15) is 10.2 Å². The van der Waals surface area contributed by atoms with Crippen molar-refractivity contribution in [2.45, 2.75) is 39.4 Å². The smallest absolute Gasteiger partial charge is 0.247 e. The lowest BCUT2D eigenvalue weighted by Gasteiger charge is -2.23. The van der Waals surface area contributed by atoms with E-state index in [1.165, 1.54) is 0 Å². The molecule has 0 spiro atoms. The van der Waals surface area contributed by atoms with Crippen LogP contribution in [0.3, 0.4) is 0 Å². The van der Waals surface area contributed by atoms with Crippen molar-refractivity contribution in [1.82, 2.24) is 24.5 Å². The van der Waals surface area contributed by atoms with Crippen LogP contribution < -0.4 is 0 Å². The van der Waals surface area contributed by atoms with Crippen molar-refractivity contribution in [1.29, 1.82) is 0 Å². The Morgan fingerprint density at radius 1 is 1.32 bits per heavy atom. The summed E-state index contributed by atoms with van der Waals surface area (Å²) in [4.78, 5) is 14.4. The first-order chi connectivity index (χ1) is 10.5. The zero-order valence-corrected chi connectivity index (χ0v) is 16.0. The minimum atomic E-state index is -0.298. The van der Waals surface area contributed by atoms with Gasteiger partial charge in [-0.05, 0) is 45.2 Å². The van der Waals surface area contributed by atoms with Gasteiger partial charge in [-0.15, -0.1) is 0 Å². The summed E-state index contributed by atoms with van der Waals surface area (Å²) < 4.78 is 5.38. The maximum absolute atomic E-state index is 12.7. The number of rotatable bonds is 6. The van der Waals surface area contributed by atoms with Crippen LogP contribution in [0.1, 0.15) is 32.0 Å². The van der Waals surface area contributed by atoms with Gasteiger partial charge < -0.3 is 4.90 Å². The van der Waals surface area contributed by atoms with Gasteiger partial charge in [-0.1, -0.05) is 6.92 Å². The van der Waals surface area contributed by atoms with Gasteiger partial charge in [0.15, 0.2) is 0 Å². The monoisotopic (exact) mass is 431 g/mol. The number of likely N-dealkylation sites (N-methyl/N-ethyl adjacent to an activating group) is 1. The number of aryl methyl sites for hydroxylation is 1. The third-order valence-electron chi connectivity index (χ3n) is 3.52.